The summed E-state index contributed by atoms with van der Waals surface area (Å²) in [6, 6.07) is 12.8. The van der Waals surface area contributed by atoms with E-state index in [0.29, 0.717) is 23.7 Å². The summed E-state index contributed by atoms with van der Waals surface area (Å²) in [5.74, 6) is 0.258. The normalized spacial score (nSPS) is 17.8. The summed E-state index contributed by atoms with van der Waals surface area (Å²) < 4.78 is 0. The number of hydrazone groups is 1. The molecule has 2 aliphatic rings. The first-order valence-electron chi connectivity index (χ1n) is 8.76. The third-order valence-corrected chi connectivity index (χ3v) is 4.90. The Bertz CT molecular complexity index is 773. The van der Waals surface area contributed by atoms with Crippen LogP contribution in [0.1, 0.15) is 44.9 Å². The monoisotopic (exact) mass is 332 g/mol. The van der Waals surface area contributed by atoms with Crippen molar-refractivity contribution >= 4 is 17.3 Å². The maximum absolute atomic E-state index is 12.8. The smallest absolute Gasteiger partial charge is 0.267 e. The van der Waals surface area contributed by atoms with Gasteiger partial charge < -0.3 is 0 Å². The molecule has 1 saturated carbocycles. The van der Waals surface area contributed by atoms with E-state index in [1.54, 1.807) is 12.1 Å². The molecule has 126 valence electrons. The van der Waals surface area contributed by atoms with Crippen LogP contribution in [0.3, 0.4) is 0 Å². The molecule has 0 spiro atoms. The van der Waals surface area contributed by atoms with Crippen LogP contribution in [0.2, 0.25) is 0 Å². The molecule has 1 aromatic rings. The van der Waals surface area contributed by atoms with Crippen molar-refractivity contribution in [2.24, 2.45) is 11.0 Å². The molecule has 1 aliphatic carbocycles. The number of hydrogen-bond acceptors (Lipinski definition) is 4. The number of para-hydroxylation sites is 1. The van der Waals surface area contributed by atoms with E-state index in [1.165, 1.54) is 37.1 Å². The molecule has 1 heterocycles. The first kappa shape index (κ1) is 16.9. The second kappa shape index (κ2) is 7.77. The number of nitrogens with zero attached hydrogens (tertiary/aromatic N) is 4. The van der Waals surface area contributed by atoms with Gasteiger partial charge in [0.25, 0.3) is 5.91 Å². The quantitative estimate of drug-likeness (QED) is 0.615. The molecule has 0 bridgehead atoms. The number of rotatable bonds is 4. The van der Waals surface area contributed by atoms with Crippen LogP contribution in [0.25, 0.3) is 0 Å². The fraction of sp³-hybridized carbons (Fsp3) is 0.400. The van der Waals surface area contributed by atoms with Crippen LogP contribution in [0, 0.1) is 28.6 Å². The third-order valence-electron chi connectivity index (χ3n) is 4.90. The average molecular weight is 332 g/mol. The maximum Gasteiger partial charge on any atom is 0.282 e. The molecule has 0 aromatic heterocycles. The standard InChI is InChI=1S/C20H20N4O/c21-13-16(14-22)19-18(12-11-15-7-3-1-4-8-15)23-24(20(19)25)17-9-5-2-6-10-17/h2,5-6,9-10,15H,1,3-4,7-8,11-12H2. The summed E-state index contributed by atoms with van der Waals surface area (Å²) >= 11 is 0. The molecule has 0 unspecified atom stereocenters. The van der Waals surface area contributed by atoms with Crippen molar-refractivity contribution in [2.45, 2.75) is 44.9 Å². The van der Waals surface area contributed by atoms with E-state index in [9.17, 15) is 15.3 Å². The van der Waals surface area contributed by atoms with Crippen LogP contribution in [0.5, 0.6) is 0 Å². The lowest BCUT2D eigenvalue weighted by Crippen LogP contribution is -2.22. The Hall–Kier alpha value is -2.92. The number of hydrogen-bond donors (Lipinski definition) is 0. The largest absolute Gasteiger partial charge is 0.282 e. The lowest BCUT2D eigenvalue weighted by molar-refractivity contribution is -0.114. The Morgan fingerprint density at radius 2 is 1.80 bits per heavy atom. The van der Waals surface area contributed by atoms with Crippen LogP contribution in [0.4, 0.5) is 5.69 Å². The lowest BCUT2D eigenvalue weighted by Gasteiger charge is -2.21. The van der Waals surface area contributed by atoms with Crippen LogP contribution in [0.15, 0.2) is 46.6 Å². The minimum absolute atomic E-state index is 0.147. The number of carbonyl (C=O) groups excluding carboxylic acids is 1. The second-order valence-corrected chi connectivity index (χ2v) is 6.52. The SMILES string of the molecule is N#CC(C#N)=C1C(=O)N(c2ccccc2)N=C1CCC1CCCCC1. The maximum atomic E-state index is 12.8. The van der Waals surface area contributed by atoms with Crippen molar-refractivity contribution in [3.05, 3.63) is 41.5 Å². The molecule has 1 fully saturated rings. The summed E-state index contributed by atoms with van der Waals surface area (Å²) in [7, 11) is 0. The summed E-state index contributed by atoms with van der Waals surface area (Å²) in [5.41, 5.74) is 1.24. The second-order valence-electron chi connectivity index (χ2n) is 6.52. The zero-order valence-corrected chi connectivity index (χ0v) is 14.1. The fourth-order valence-electron chi connectivity index (χ4n) is 3.57. The predicted molar refractivity (Wildman–Crippen MR) is 95.4 cm³/mol. The lowest BCUT2D eigenvalue weighted by atomic mass is 9.85. The summed E-state index contributed by atoms with van der Waals surface area (Å²) in [6.07, 6.45) is 7.82. The summed E-state index contributed by atoms with van der Waals surface area (Å²) in [5, 5.41) is 24.2. The third kappa shape index (κ3) is 3.61. The molecule has 0 saturated heterocycles. The number of benzene rings is 1. The van der Waals surface area contributed by atoms with Gasteiger partial charge in [-0.2, -0.15) is 20.6 Å². The Balaban J connectivity index is 1.87. The Morgan fingerprint density at radius 3 is 2.44 bits per heavy atom. The van der Waals surface area contributed by atoms with Gasteiger partial charge in [-0.05, 0) is 30.9 Å². The van der Waals surface area contributed by atoms with Gasteiger partial charge in [-0.3, -0.25) is 4.79 Å². The minimum atomic E-state index is -0.386. The number of amides is 1. The van der Waals surface area contributed by atoms with Gasteiger partial charge in [-0.15, -0.1) is 0 Å². The number of carbonyl (C=O) groups is 1. The number of anilines is 1. The first-order chi connectivity index (χ1) is 12.2. The number of nitriles is 2. The van der Waals surface area contributed by atoms with Gasteiger partial charge in [0.1, 0.15) is 17.7 Å². The molecule has 1 aliphatic heterocycles. The molecular formula is C20H20N4O. The summed E-state index contributed by atoms with van der Waals surface area (Å²) in [4.78, 5) is 12.8. The van der Waals surface area contributed by atoms with Crippen molar-refractivity contribution in [3.8, 4) is 12.1 Å². The van der Waals surface area contributed by atoms with Crippen molar-refractivity contribution in [2.75, 3.05) is 5.01 Å². The molecule has 0 N–H and O–H groups in total. The topological polar surface area (TPSA) is 80.2 Å². The van der Waals surface area contributed by atoms with Crippen LogP contribution in [-0.4, -0.2) is 11.6 Å². The molecule has 25 heavy (non-hydrogen) atoms. The molecular weight excluding hydrogens is 312 g/mol. The van der Waals surface area contributed by atoms with Gasteiger partial charge in [-0.25, -0.2) is 0 Å². The highest BCUT2D eigenvalue weighted by molar-refractivity contribution is 6.31. The van der Waals surface area contributed by atoms with E-state index in [2.05, 4.69) is 5.10 Å². The van der Waals surface area contributed by atoms with Gasteiger partial charge in [0.2, 0.25) is 0 Å². The van der Waals surface area contributed by atoms with Crippen molar-refractivity contribution in [1.29, 1.82) is 10.5 Å². The van der Waals surface area contributed by atoms with Crippen LogP contribution in [-0.2, 0) is 4.79 Å². The van der Waals surface area contributed by atoms with Gasteiger partial charge in [0, 0.05) is 0 Å². The molecule has 1 amide bonds. The number of allylic oxidation sites excluding steroid dienone is 1. The molecule has 5 nitrogen and oxygen atoms in total. The zero-order valence-electron chi connectivity index (χ0n) is 14.1. The first-order valence-corrected chi connectivity index (χ1v) is 8.76. The van der Waals surface area contributed by atoms with E-state index in [1.807, 2.05) is 30.3 Å². The highest BCUT2D eigenvalue weighted by atomic mass is 16.2. The predicted octanol–water partition coefficient (Wildman–Crippen LogP) is 4.09. The van der Waals surface area contributed by atoms with Crippen molar-refractivity contribution in [1.82, 2.24) is 0 Å². The van der Waals surface area contributed by atoms with E-state index in [4.69, 9.17) is 0 Å². The van der Waals surface area contributed by atoms with Gasteiger partial charge in [-0.1, -0.05) is 50.3 Å². The van der Waals surface area contributed by atoms with E-state index >= 15 is 0 Å². The highest BCUT2D eigenvalue weighted by Gasteiger charge is 2.34. The van der Waals surface area contributed by atoms with Gasteiger partial charge in [0.15, 0.2) is 0 Å². The minimum Gasteiger partial charge on any atom is -0.267 e. The van der Waals surface area contributed by atoms with Crippen LogP contribution >= 0.6 is 0 Å². The highest BCUT2D eigenvalue weighted by Crippen LogP contribution is 2.31. The molecule has 1 aromatic carbocycles. The molecule has 3 rings (SSSR count). The Morgan fingerprint density at radius 1 is 1.12 bits per heavy atom. The molecule has 0 atom stereocenters. The fourth-order valence-corrected chi connectivity index (χ4v) is 3.57. The van der Waals surface area contributed by atoms with Crippen LogP contribution < -0.4 is 5.01 Å². The average Bonchev–Trinajstić information content (AvgIpc) is 2.99. The van der Waals surface area contributed by atoms with E-state index < -0.39 is 0 Å². The van der Waals surface area contributed by atoms with Crippen molar-refractivity contribution in [3.63, 3.8) is 0 Å². The summed E-state index contributed by atoms with van der Waals surface area (Å²) in [6.45, 7) is 0. The Kier molecular flexibility index (Phi) is 5.26. The zero-order chi connectivity index (χ0) is 17.6. The molecule has 5 heteroatoms. The van der Waals surface area contributed by atoms with E-state index in [0.717, 1.165) is 6.42 Å². The van der Waals surface area contributed by atoms with Crippen molar-refractivity contribution < 1.29 is 4.79 Å². The van der Waals surface area contributed by atoms with E-state index in [-0.39, 0.29) is 17.1 Å². The van der Waals surface area contributed by atoms with Gasteiger partial charge in [0.05, 0.1) is 17.0 Å². The Labute approximate surface area is 147 Å². The molecule has 0 radical (unpaired) electrons. The van der Waals surface area contributed by atoms with Gasteiger partial charge >= 0.3 is 0 Å².